The molecule has 3 nitrogen and oxygen atoms in total. The van der Waals surface area contributed by atoms with Gasteiger partial charge in [0.05, 0.1) is 23.6 Å². The molecule has 1 fully saturated rings. The van der Waals surface area contributed by atoms with Gasteiger partial charge in [0, 0.05) is 6.20 Å². The van der Waals surface area contributed by atoms with Crippen LogP contribution in [-0.4, -0.2) is 17.0 Å². The monoisotopic (exact) mass is 233 g/mol. The average Bonchev–Trinajstić information content (AvgIpc) is 2.38. The fraction of sp³-hybridized carbons (Fsp3) is 0.714. The van der Waals surface area contributed by atoms with Crippen molar-refractivity contribution >= 4 is 0 Å². The number of rotatable bonds is 4. The Morgan fingerprint density at radius 2 is 2.00 bits per heavy atom. The van der Waals surface area contributed by atoms with Crippen LogP contribution in [0.15, 0.2) is 12.4 Å². The van der Waals surface area contributed by atoms with Gasteiger partial charge >= 0.3 is 0 Å². The van der Waals surface area contributed by atoms with E-state index in [0.29, 0.717) is 6.04 Å². The van der Waals surface area contributed by atoms with Gasteiger partial charge in [0.15, 0.2) is 0 Å². The van der Waals surface area contributed by atoms with Crippen LogP contribution < -0.4 is 5.32 Å². The molecule has 1 N–H and O–H groups in total. The van der Waals surface area contributed by atoms with Crippen LogP contribution in [-0.2, 0) is 0 Å². The maximum atomic E-state index is 4.49. The lowest BCUT2D eigenvalue weighted by molar-refractivity contribution is 0.303. The lowest BCUT2D eigenvalue weighted by atomic mass is 9.84. The molecular formula is C14H23N3. The molecule has 0 aliphatic heterocycles. The van der Waals surface area contributed by atoms with Crippen molar-refractivity contribution in [2.75, 3.05) is 7.05 Å². The van der Waals surface area contributed by atoms with Gasteiger partial charge in [-0.25, -0.2) is 0 Å². The highest BCUT2D eigenvalue weighted by Crippen LogP contribution is 2.30. The van der Waals surface area contributed by atoms with E-state index in [0.717, 1.165) is 17.3 Å². The summed E-state index contributed by atoms with van der Waals surface area (Å²) in [6, 6.07) is 0.367. The summed E-state index contributed by atoms with van der Waals surface area (Å²) in [6.45, 7) is 1.98. The fourth-order valence-electron chi connectivity index (χ4n) is 2.73. The van der Waals surface area contributed by atoms with E-state index in [9.17, 15) is 0 Å². The Kier molecular flexibility index (Phi) is 4.49. The van der Waals surface area contributed by atoms with Gasteiger partial charge in [-0.2, -0.15) is 0 Å². The van der Waals surface area contributed by atoms with Crippen molar-refractivity contribution in [1.29, 1.82) is 0 Å². The van der Waals surface area contributed by atoms with E-state index in [2.05, 4.69) is 15.3 Å². The van der Waals surface area contributed by atoms with Gasteiger partial charge in [-0.3, -0.25) is 9.97 Å². The van der Waals surface area contributed by atoms with Crippen molar-refractivity contribution in [2.45, 2.75) is 51.5 Å². The summed E-state index contributed by atoms with van der Waals surface area (Å²) in [5.74, 6) is 0.865. The van der Waals surface area contributed by atoms with Crippen molar-refractivity contribution in [3.05, 3.63) is 23.8 Å². The highest BCUT2D eigenvalue weighted by Gasteiger charge is 2.20. The van der Waals surface area contributed by atoms with Crippen LogP contribution in [0, 0.1) is 12.8 Å². The van der Waals surface area contributed by atoms with Crippen molar-refractivity contribution in [3.63, 3.8) is 0 Å². The number of hydrogen-bond acceptors (Lipinski definition) is 3. The second-order valence-corrected chi connectivity index (χ2v) is 5.16. The van der Waals surface area contributed by atoms with Gasteiger partial charge < -0.3 is 5.32 Å². The summed E-state index contributed by atoms with van der Waals surface area (Å²) < 4.78 is 0. The second kappa shape index (κ2) is 6.10. The van der Waals surface area contributed by atoms with Crippen LogP contribution in [0.25, 0.3) is 0 Å². The third kappa shape index (κ3) is 3.50. The standard InChI is InChI=1S/C14H23N3/c1-11-9-17-14(10-16-11)13(15-2)8-12-6-4-3-5-7-12/h9-10,12-13,15H,3-8H2,1-2H3. The molecule has 17 heavy (non-hydrogen) atoms. The van der Waals surface area contributed by atoms with E-state index >= 15 is 0 Å². The maximum absolute atomic E-state index is 4.49. The SMILES string of the molecule is CNC(CC1CCCCC1)c1cnc(C)cn1. The molecule has 0 saturated heterocycles. The normalized spacial score (nSPS) is 19.2. The van der Waals surface area contributed by atoms with Crippen LogP contribution in [0.2, 0.25) is 0 Å². The molecule has 1 aliphatic rings. The summed E-state index contributed by atoms with van der Waals surface area (Å²) in [5.41, 5.74) is 2.07. The van der Waals surface area contributed by atoms with Crippen LogP contribution >= 0.6 is 0 Å². The molecule has 1 atom stereocenters. The number of aryl methyl sites for hydroxylation is 1. The first-order valence-electron chi connectivity index (χ1n) is 6.75. The summed E-state index contributed by atoms with van der Waals surface area (Å²) in [7, 11) is 2.02. The Morgan fingerprint density at radius 1 is 1.24 bits per heavy atom. The number of nitrogens with one attached hydrogen (secondary N) is 1. The Labute approximate surface area is 104 Å². The van der Waals surface area contributed by atoms with Gasteiger partial charge in [0.2, 0.25) is 0 Å². The van der Waals surface area contributed by atoms with Gasteiger partial charge in [-0.15, -0.1) is 0 Å². The molecule has 0 radical (unpaired) electrons. The topological polar surface area (TPSA) is 37.8 Å². The number of aromatic nitrogens is 2. The van der Waals surface area contributed by atoms with Gasteiger partial charge in [0.1, 0.15) is 0 Å². The van der Waals surface area contributed by atoms with Crippen molar-refractivity contribution < 1.29 is 0 Å². The van der Waals surface area contributed by atoms with Crippen LogP contribution in [0.1, 0.15) is 56.0 Å². The quantitative estimate of drug-likeness (QED) is 0.868. The molecule has 1 aromatic heterocycles. The van der Waals surface area contributed by atoms with E-state index in [1.54, 1.807) is 0 Å². The highest BCUT2D eigenvalue weighted by molar-refractivity contribution is 5.06. The third-order valence-electron chi connectivity index (χ3n) is 3.80. The molecule has 3 heteroatoms. The molecule has 0 amide bonds. The van der Waals surface area contributed by atoms with E-state index < -0.39 is 0 Å². The van der Waals surface area contributed by atoms with Crippen LogP contribution in [0.5, 0.6) is 0 Å². The zero-order valence-corrected chi connectivity index (χ0v) is 10.9. The zero-order valence-electron chi connectivity index (χ0n) is 10.9. The maximum Gasteiger partial charge on any atom is 0.0756 e. The lowest BCUT2D eigenvalue weighted by Crippen LogP contribution is -2.22. The first-order valence-corrected chi connectivity index (χ1v) is 6.75. The van der Waals surface area contributed by atoms with Crippen LogP contribution in [0.4, 0.5) is 0 Å². The minimum atomic E-state index is 0.367. The molecule has 0 aromatic carbocycles. The van der Waals surface area contributed by atoms with Gasteiger partial charge in [-0.05, 0) is 26.3 Å². The molecule has 0 bridgehead atoms. The molecular weight excluding hydrogens is 210 g/mol. The summed E-state index contributed by atoms with van der Waals surface area (Å²) in [5, 5.41) is 3.38. The molecule has 1 unspecified atom stereocenters. The second-order valence-electron chi connectivity index (χ2n) is 5.16. The van der Waals surface area contributed by atoms with Crippen molar-refractivity contribution in [1.82, 2.24) is 15.3 Å². The molecule has 0 spiro atoms. The minimum absolute atomic E-state index is 0.367. The Balaban J connectivity index is 1.97. The average molecular weight is 233 g/mol. The summed E-state index contributed by atoms with van der Waals surface area (Å²) >= 11 is 0. The van der Waals surface area contributed by atoms with Crippen LogP contribution in [0.3, 0.4) is 0 Å². The lowest BCUT2D eigenvalue weighted by Gasteiger charge is -2.26. The predicted molar refractivity (Wildman–Crippen MR) is 69.8 cm³/mol. The van der Waals surface area contributed by atoms with Gasteiger partial charge in [0.25, 0.3) is 0 Å². The first-order chi connectivity index (χ1) is 8.29. The Hall–Kier alpha value is -0.960. The number of hydrogen-bond donors (Lipinski definition) is 1. The summed E-state index contributed by atoms with van der Waals surface area (Å²) in [6.07, 6.45) is 12.0. The largest absolute Gasteiger partial charge is 0.312 e. The Bertz CT molecular complexity index is 328. The molecule has 1 heterocycles. The van der Waals surface area contributed by atoms with Crippen molar-refractivity contribution in [3.8, 4) is 0 Å². The van der Waals surface area contributed by atoms with Crippen molar-refractivity contribution in [2.24, 2.45) is 5.92 Å². The fourth-order valence-corrected chi connectivity index (χ4v) is 2.73. The third-order valence-corrected chi connectivity index (χ3v) is 3.80. The zero-order chi connectivity index (χ0) is 12.1. The van der Waals surface area contributed by atoms with E-state index in [1.807, 2.05) is 26.4 Å². The first kappa shape index (κ1) is 12.5. The Morgan fingerprint density at radius 3 is 2.59 bits per heavy atom. The molecule has 2 rings (SSSR count). The smallest absolute Gasteiger partial charge is 0.0756 e. The number of nitrogens with zero attached hydrogens (tertiary/aromatic N) is 2. The molecule has 1 aromatic rings. The summed E-state index contributed by atoms with van der Waals surface area (Å²) in [4.78, 5) is 8.83. The van der Waals surface area contributed by atoms with E-state index in [1.165, 1.54) is 38.5 Å². The minimum Gasteiger partial charge on any atom is -0.312 e. The highest BCUT2D eigenvalue weighted by atomic mass is 14.9. The van der Waals surface area contributed by atoms with E-state index in [4.69, 9.17) is 0 Å². The molecule has 94 valence electrons. The van der Waals surface area contributed by atoms with Gasteiger partial charge in [-0.1, -0.05) is 32.1 Å². The predicted octanol–water partition coefficient (Wildman–Crippen LogP) is 3.02. The molecule has 1 saturated carbocycles. The molecule has 1 aliphatic carbocycles. The van der Waals surface area contributed by atoms with E-state index in [-0.39, 0.29) is 0 Å².